The van der Waals surface area contributed by atoms with Gasteiger partial charge < -0.3 is 10.6 Å². The number of carbonyl (C=O) groups is 1. The Morgan fingerprint density at radius 1 is 1.71 bits per heavy atom. The summed E-state index contributed by atoms with van der Waals surface area (Å²) in [7, 11) is 0. The first-order chi connectivity index (χ1) is 6.74. The van der Waals surface area contributed by atoms with Gasteiger partial charge in [0.15, 0.2) is 0 Å². The molecule has 1 aliphatic carbocycles. The van der Waals surface area contributed by atoms with Crippen molar-refractivity contribution < 1.29 is 4.79 Å². The van der Waals surface area contributed by atoms with E-state index in [9.17, 15) is 4.79 Å². The van der Waals surface area contributed by atoms with Crippen LogP contribution in [0.2, 0.25) is 0 Å². The third kappa shape index (κ3) is 3.24. The summed E-state index contributed by atoms with van der Waals surface area (Å²) in [6.45, 7) is 4.55. The van der Waals surface area contributed by atoms with Crippen LogP contribution in [0.15, 0.2) is 24.0 Å². The maximum Gasteiger partial charge on any atom is 0.220 e. The Hall–Kier alpha value is -1.25. The quantitative estimate of drug-likeness (QED) is 0.697. The predicted octanol–water partition coefficient (Wildman–Crippen LogP) is 1.54. The minimum Gasteiger partial charge on any atom is -0.390 e. The van der Waals surface area contributed by atoms with Gasteiger partial charge in [-0.2, -0.15) is 0 Å². The molecule has 14 heavy (non-hydrogen) atoms. The number of amides is 1. The average Bonchev–Trinajstić information content (AvgIpc) is 2.12. The van der Waals surface area contributed by atoms with Crippen molar-refractivity contribution in [3.8, 4) is 0 Å². The zero-order valence-corrected chi connectivity index (χ0v) is 8.84. The predicted molar refractivity (Wildman–Crippen MR) is 57.4 cm³/mol. The van der Waals surface area contributed by atoms with Gasteiger partial charge in [0, 0.05) is 25.1 Å². The second kappa shape index (κ2) is 5.47. The van der Waals surface area contributed by atoms with E-state index in [-0.39, 0.29) is 5.91 Å². The van der Waals surface area contributed by atoms with Crippen molar-refractivity contribution in [1.82, 2.24) is 10.6 Å². The van der Waals surface area contributed by atoms with Crippen LogP contribution >= 0.6 is 0 Å². The first kappa shape index (κ1) is 10.8. The lowest BCUT2D eigenvalue weighted by molar-refractivity contribution is -0.118. The molecule has 0 aliphatic heterocycles. The van der Waals surface area contributed by atoms with Gasteiger partial charge in [-0.3, -0.25) is 4.79 Å². The Kier molecular flexibility index (Phi) is 4.23. The monoisotopic (exact) mass is 194 g/mol. The van der Waals surface area contributed by atoms with Crippen molar-refractivity contribution in [3.63, 3.8) is 0 Å². The van der Waals surface area contributed by atoms with Crippen molar-refractivity contribution in [2.24, 2.45) is 5.92 Å². The molecule has 0 spiro atoms. The summed E-state index contributed by atoms with van der Waals surface area (Å²) in [6, 6.07) is 0. The zero-order chi connectivity index (χ0) is 10.4. The van der Waals surface area contributed by atoms with E-state index in [1.54, 1.807) is 6.92 Å². The number of hydrogen-bond donors (Lipinski definition) is 2. The summed E-state index contributed by atoms with van der Waals surface area (Å²) in [6.07, 6.45) is 8.23. The third-order valence-electron chi connectivity index (χ3n) is 2.22. The van der Waals surface area contributed by atoms with E-state index in [0.29, 0.717) is 5.92 Å². The van der Waals surface area contributed by atoms with E-state index in [0.717, 1.165) is 25.1 Å². The molecule has 3 heteroatoms. The summed E-state index contributed by atoms with van der Waals surface area (Å²) in [5, 5.41) is 6.05. The fraction of sp³-hybridized carbons (Fsp3) is 0.545. The summed E-state index contributed by atoms with van der Waals surface area (Å²) < 4.78 is 0. The minimum atomic E-state index is 0.0186. The highest BCUT2D eigenvalue weighted by molar-refractivity contribution is 5.75. The molecular formula is C11H18N2O. The molecular weight excluding hydrogens is 176 g/mol. The highest BCUT2D eigenvalue weighted by Crippen LogP contribution is 2.23. The molecule has 0 aromatic heterocycles. The van der Waals surface area contributed by atoms with Crippen LogP contribution in [0.1, 0.15) is 26.7 Å². The molecule has 0 heterocycles. The standard InChI is InChI=1S/C11H18N2O/c1-3-4-7-12-8-10-5-6-11(10)13-9(2)14/h4,6-7,10,12H,3,5,8H2,1-2H3,(H,13,14)/b7-4-/t10-/m0/s1. The Morgan fingerprint density at radius 2 is 2.50 bits per heavy atom. The molecule has 1 aliphatic rings. The van der Waals surface area contributed by atoms with Crippen molar-refractivity contribution in [2.45, 2.75) is 26.7 Å². The van der Waals surface area contributed by atoms with Crippen molar-refractivity contribution in [2.75, 3.05) is 6.54 Å². The number of rotatable bonds is 5. The molecule has 0 aromatic carbocycles. The second-order valence-electron chi connectivity index (χ2n) is 3.49. The van der Waals surface area contributed by atoms with E-state index < -0.39 is 0 Å². The Bertz CT molecular complexity index is 256. The molecule has 1 rings (SSSR count). The molecule has 0 aromatic rings. The lowest BCUT2D eigenvalue weighted by Crippen LogP contribution is -2.34. The number of hydrogen-bond acceptors (Lipinski definition) is 2. The summed E-state index contributed by atoms with van der Waals surface area (Å²) in [4.78, 5) is 10.8. The van der Waals surface area contributed by atoms with E-state index >= 15 is 0 Å². The normalized spacial score (nSPS) is 20.1. The van der Waals surface area contributed by atoms with Crippen LogP contribution < -0.4 is 10.6 Å². The van der Waals surface area contributed by atoms with Gasteiger partial charge in [-0.05, 0) is 19.0 Å². The van der Waals surface area contributed by atoms with E-state index in [1.165, 1.54) is 0 Å². The van der Waals surface area contributed by atoms with Gasteiger partial charge in [-0.15, -0.1) is 0 Å². The highest BCUT2D eigenvalue weighted by atomic mass is 16.1. The van der Waals surface area contributed by atoms with Gasteiger partial charge >= 0.3 is 0 Å². The van der Waals surface area contributed by atoms with E-state index in [4.69, 9.17) is 0 Å². The summed E-state index contributed by atoms with van der Waals surface area (Å²) in [5.74, 6) is 0.491. The van der Waals surface area contributed by atoms with Crippen LogP contribution in [0.3, 0.4) is 0 Å². The van der Waals surface area contributed by atoms with E-state index in [1.807, 2.05) is 6.20 Å². The lowest BCUT2D eigenvalue weighted by Gasteiger charge is -2.27. The molecule has 0 saturated carbocycles. The van der Waals surface area contributed by atoms with Gasteiger partial charge in [0.25, 0.3) is 0 Å². The minimum absolute atomic E-state index is 0.0186. The van der Waals surface area contributed by atoms with Crippen LogP contribution in [-0.4, -0.2) is 12.5 Å². The fourth-order valence-corrected chi connectivity index (χ4v) is 1.36. The van der Waals surface area contributed by atoms with Gasteiger partial charge in [-0.1, -0.05) is 19.1 Å². The average molecular weight is 194 g/mol. The molecule has 1 atom stereocenters. The summed E-state index contributed by atoms with van der Waals surface area (Å²) in [5.41, 5.74) is 1.06. The smallest absolute Gasteiger partial charge is 0.220 e. The first-order valence-electron chi connectivity index (χ1n) is 5.10. The van der Waals surface area contributed by atoms with Crippen molar-refractivity contribution in [3.05, 3.63) is 24.0 Å². The zero-order valence-electron chi connectivity index (χ0n) is 8.84. The number of carbonyl (C=O) groups excluding carboxylic acids is 1. The SMILES string of the molecule is CC/C=C\NC[C@@H]1CC=C1NC(C)=O. The van der Waals surface area contributed by atoms with Crippen LogP contribution in [0.4, 0.5) is 0 Å². The third-order valence-corrected chi connectivity index (χ3v) is 2.22. The molecule has 0 fully saturated rings. The summed E-state index contributed by atoms with van der Waals surface area (Å²) >= 11 is 0. The molecule has 0 radical (unpaired) electrons. The van der Waals surface area contributed by atoms with Gasteiger partial charge in [-0.25, -0.2) is 0 Å². The maximum absolute atomic E-state index is 10.8. The molecule has 78 valence electrons. The lowest BCUT2D eigenvalue weighted by atomic mass is 9.90. The topological polar surface area (TPSA) is 41.1 Å². The number of nitrogens with one attached hydrogen (secondary N) is 2. The van der Waals surface area contributed by atoms with Gasteiger partial charge in [0.1, 0.15) is 0 Å². The van der Waals surface area contributed by atoms with Crippen LogP contribution in [0.25, 0.3) is 0 Å². The molecule has 0 saturated heterocycles. The highest BCUT2D eigenvalue weighted by Gasteiger charge is 2.21. The first-order valence-corrected chi connectivity index (χ1v) is 5.10. The van der Waals surface area contributed by atoms with Crippen LogP contribution in [0, 0.1) is 5.92 Å². The van der Waals surface area contributed by atoms with Crippen molar-refractivity contribution >= 4 is 5.91 Å². The molecule has 0 bridgehead atoms. The molecule has 3 nitrogen and oxygen atoms in total. The largest absolute Gasteiger partial charge is 0.390 e. The van der Waals surface area contributed by atoms with Gasteiger partial charge in [0.2, 0.25) is 5.91 Å². The molecule has 1 amide bonds. The fourth-order valence-electron chi connectivity index (χ4n) is 1.36. The molecule has 0 unspecified atom stereocenters. The van der Waals surface area contributed by atoms with Crippen LogP contribution in [-0.2, 0) is 4.79 Å². The van der Waals surface area contributed by atoms with E-state index in [2.05, 4.69) is 29.7 Å². The Balaban J connectivity index is 2.19. The molecule has 2 N–H and O–H groups in total. The van der Waals surface area contributed by atoms with Crippen LogP contribution in [0.5, 0.6) is 0 Å². The Morgan fingerprint density at radius 3 is 3.00 bits per heavy atom. The maximum atomic E-state index is 10.8. The van der Waals surface area contributed by atoms with Crippen molar-refractivity contribution in [1.29, 1.82) is 0 Å². The number of allylic oxidation sites excluding steroid dienone is 2. The Labute approximate surface area is 85.3 Å². The van der Waals surface area contributed by atoms with Gasteiger partial charge in [0.05, 0.1) is 0 Å². The second-order valence-corrected chi connectivity index (χ2v) is 3.49.